The number of hydrogen-bond acceptors (Lipinski definition) is 2. The number of nitrogens with two attached hydrogens (primary N) is 1. The highest BCUT2D eigenvalue weighted by atomic mass is 16.1. The summed E-state index contributed by atoms with van der Waals surface area (Å²) >= 11 is 0. The minimum atomic E-state index is 0.0347. The van der Waals surface area contributed by atoms with Crippen LogP contribution in [0.25, 0.3) is 0 Å². The summed E-state index contributed by atoms with van der Waals surface area (Å²) in [6.07, 6.45) is 1.42. The molecule has 0 radical (unpaired) electrons. The van der Waals surface area contributed by atoms with Crippen molar-refractivity contribution in [2.75, 3.05) is 0 Å². The van der Waals surface area contributed by atoms with E-state index < -0.39 is 0 Å². The Morgan fingerprint density at radius 3 is 2.18 bits per heavy atom. The van der Waals surface area contributed by atoms with Gasteiger partial charge in [-0.2, -0.15) is 0 Å². The highest BCUT2D eigenvalue weighted by Crippen LogP contribution is 2.20. The van der Waals surface area contributed by atoms with Gasteiger partial charge in [0.15, 0.2) is 0 Å². The average Bonchev–Trinajstić information content (AvgIpc) is 1.53. The molecular formula is C9H19NO. The standard InChI is InChI=1S/C9H19NO/c1-7(11)5-8(10)6-9(2,3)4/h8H,5-6,10H2,1-4H3. The van der Waals surface area contributed by atoms with Crippen molar-refractivity contribution in [2.45, 2.75) is 46.6 Å². The molecule has 0 saturated heterocycles. The number of ketones is 1. The van der Waals surface area contributed by atoms with E-state index in [1.165, 1.54) is 0 Å². The summed E-state index contributed by atoms with van der Waals surface area (Å²) in [5, 5.41) is 0. The van der Waals surface area contributed by atoms with Crippen LogP contribution in [-0.2, 0) is 4.79 Å². The van der Waals surface area contributed by atoms with Gasteiger partial charge in [0.2, 0.25) is 0 Å². The zero-order valence-corrected chi connectivity index (χ0v) is 7.98. The van der Waals surface area contributed by atoms with Crippen molar-refractivity contribution in [1.82, 2.24) is 0 Å². The molecule has 2 N–H and O–H groups in total. The number of rotatable bonds is 3. The molecule has 0 heterocycles. The van der Waals surface area contributed by atoms with Gasteiger partial charge in [-0.25, -0.2) is 0 Å². The van der Waals surface area contributed by atoms with Gasteiger partial charge in [0.25, 0.3) is 0 Å². The smallest absolute Gasteiger partial charge is 0.131 e. The third-order valence-corrected chi connectivity index (χ3v) is 1.42. The van der Waals surface area contributed by atoms with Crippen LogP contribution in [0.5, 0.6) is 0 Å². The fourth-order valence-corrected chi connectivity index (χ4v) is 1.23. The van der Waals surface area contributed by atoms with Gasteiger partial charge < -0.3 is 5.73 Å². The van der Waals surface area contributed by atoms with Crippen LogP contribution in [0.1, 0.15) is 40.5 Å². The van der Waals surface area contributed by atoms with Gasteiger partial charge in [-0.3, -0.25) is 4.79 Å². The van der Waals surface area contributed by atoms with Crippen molar-refractivity contribution in [1.29, 1.82) is 0 Å². The predicted molar refractivity (Wildman–Crippen MR) is 47.3 cm³/mol. The first kappa shape index (κ1) is 10.6. The largest absolute Gasteiger partial charge is 0.327 e. The molecule has 1 unspecified atom stereocenters. The average molecular weight is 157 g/mol. The van der Waals surface area contributed by atoms with E-state index in [-0.39, 0.29) is 17.2 Å². The molecule has 66 valence electrons. The SMILES string of the molecule is CC(=O)CC(N)CC(C)(C)C. The Balaban J connectivity index is 3.69. The minimum Gasteiger partial charge on any atom is -0.327 e. The quantitative estimate of drug-likeness (QED) is 0.678. The van der Waals surface area contributed by atoms with Crippen molar-refractivity contribution >= 4 is 5.78 Å². The molecule has 1 atom stereocenters. The van der Waals surface area contributed by atoms with E-state index in [4.69, 9.17) is 5.73 Å². The maximum Gasteiger partial charge on any atom is 0.131 e. The molecular weight excluding hydrogens is 138 g/mol. The summed E-state index contributed by atoms with van der Waals surface area (Å²) in [6.45, 7) is 7.98. The van der Waals surface area contributed by atoms with Crippen LogP contribution in [0.4, 0.5) is 0 Å². The first-order chi connectivity index (χ1) is 4.81. The molecule has 0 saturated carbocycles. The molecule has 0 aliphatic rings. The van der Waals surface area contributed by atoms with Gasteiger partial charge in [0.05, 0.1) is 0 Å². The molecule has 0 aliphatic heterocycles. The number of carbonyl (C=O) groups is 1. The lowest BCUT2D eigenvalue weighted by Gasteiger charge is -2.22. The third-order valence-electron chi connectivity index (χ3n) is 1.42. The third kappa shape index (κ3) is 7.53. The van der Waals surface area contributed by atoms with E-state index in [0.717, 1.165) is 6.42 Å². The fraction of sp³-hybridized carbons (Fsp3) is 0.889. The van der Waals surface area contributed by atoms with Crippen LogP contribution in [0, 0.1) is 5.41 Å². The first-order valence-electron chi connectivity index (χ1n) is 4.06. The van der Waals surface area contributed by atoms with Crippen molar-refractivity contribution in [3.63, 3.8) is 0 Å². The predicted octanol–water partition coefficient (Wildman–Crippen LogP) is 1.73. The topological polar surface area (TPSA) is 43.1 Å². The monoisotopic (exact) mass is 157 g/mol. The number of Topliss-reactive ketones (excluding diaryl/α,β-unsaturated/α-hetero) is 1. The minimum absolute atomic E-state index is 0.0347. The highest BCUT2D eigenvalue weighted by molar-refractivity contribution is 5.76. The fourth-order valence-electron chi connectivity index (χ4n) is 1.23. The maximum absolute atomic E-state index is 10.7. The van der Waals surface area contributed by atoms with E-state index in [0.29, 0.717) is 6.42 Å². The second kappa shape index (κ2) is 3.86. The molecule has 2 nitrogen and oxygen atoms in total. The second-order valence-electron chi connectivity index (χ2n) is 4.43. The summed E-state index contributed by atoms with van der Waals surface area (Å²) in [4.78, 5) is 10.7. The molecule has 11 heavy (non-hydrogen) atoms. The summed E-state index contributed by atoms with van der Waals surface area (Å²) in [5.74, 6) is 0.182. The zero-order chi connectivity index (χ0) is 9.07. The summed E-state index contributed by atoms with van der Waals surface area (Å²) in [7, 11) is 0. The summed E-state index contributed by atoms with van der Waals surface area (Å²) < 4.78 is 0. The molecule has 0 rings (SSSR count). The molecule has 0 aromatic carbocycles. The van der Waals surface area contributed by atoms with Crippen LogP contribution in [0.2, 0.25) is 0 Å². The Morgan fingerprint density at radius 1 is 1.45 bits per heavy atom. The van der Waals surface area contributed by atoms with Crippen molar-refractivity contribution in [2.24, 2.45) is 11.1 Å². The van der Waals surface area contributed by atoms with Crippen LogP contribution in [0.15, 0.2) is 0 Å². The van der Waals surface area contributed by atoms with Crippen LogP contribution >= 0.6 is 0 Å². The lowest BCUT2D eigenvalue weighted by molar-refractivity contribution is -0.117. The van der Waals surface area contributed by atoms with Crippen molar-refractivity contribution < 1.29 is 4.79 Å². The summed E-state index contributed by atoms with van der Waals surface area (Å²) in [5.41, 5.74) is 5.97. The highest BCUT2D eigenvalue weighted by Gasteiger charge is 2.16. The van der Waals surface area contributed by atoms with E-state index in [1.54, 1.807) is 6.92 Å². The lowest BCUT2D eigenvalue weighted by atomic mass is 9.87. The van der Waals surface area contributed by atoms with E-state index in [1.807, 2.05) is 0 Å². The lowest BCUT2D eigenvalue weighted by Crippen LogP contribution is -2.28. The van der Waals surface area contributed by atoms with E-state index in [9.17, 15) is 4.79 Å². The van der Waals surface area contributed by atoms with Crippen LogP contribution in [0.3, 0.4) is 0 Å². The normalized spacial score (nSPS) is 14.6. The maximum atomic E-state index is 10.7. The van der Waals surface area contributed by atoms with Crippen LogP contribution in [-0.4, -0.2) is 11.8 Å². The Bertz CT molecular complexity index is 135. The van der Waals surface area contributed by atoms with Crippen molar-refractivity contribution in [3.8, 4) is 0 Å². The molecule has 0 amide bonds. The number of hydrogen-bond donors (Lipinski definition) is 1. The van der Waals surface area contributed by atoms with Crippen molar-refractivity contribution in [3.05, 3.63) is 0 Å². The molecule has 0 aromatic heterocycles. The van der Waals surface area contributed by atoms with Gasteiger partial charge >= 0.3 is 0 Å². The Hall–Kier alpha value is -0.370. The molecule has 0 aliphatic carbocycles. The summed E-state index contributed by atoms with van der Waals surface area (Å²) in [6, 6.07) is 0.0347. The van der Waals surface area contributed by atoms with Gasteiger partial charge in [0.1, 0.15) is 5.78 Å². The van der Waals surface area contributed by atoms with E-state index in [2.05, 4.69) is 20.8 Å². The van der Waals surface area contributed by atoms with Gasteiger partial charge in [-0.05, 0) is 18.8 Å². The van der Waals surface area contributed by atoms with Crippen LogP contribution < -0.4 is 5.73 Å². The van der Waals surface area contributed by atoms with E-state index >= 15 is 0 Å². The van der Waals surface area contributed by atoms with Gasteiger partial charge in [-0.1, -0.05) is 20.8 Å². The Morgan fingerprint density at radius 2 is 1.91 bits per heavy atom. The molecule has 0 spiro atoms. The molecule has 2 heteroatoms. The molecule has 0 fully saturated rings. The second-order valence-corrected chi connectivity index (χ2v) is 4.43. The number of carbonyl (C=O) groups excluding carboxylic acids is 1. The Kier molecular flexibility index (Phi) is 3.73. The molecule has 0 bridgehead atoms. The first-order valence-corrected chi connectivity index (χ1v) is 4.06. The zero-order valence-electron chi connectivity index (χ0n) is 7.98. The Labute approximate surface area is 69.2 Å². The molecule has 0 aromatic rings. The van der Waals surface area contributed by atoms with Gasteiger partial charge in [0, 0.05) is 12.5 Å². The van der Waals surface area contributed by atoms with Gasteiger partial charge in [-0.15, -0.1) is 0 Å².